The van der Waals surface area contributed by atoms with E-state index in [4.69, 9.17) is 14.2 Å². The number of ether oxygens (including phenoxy) is 3. The SMILES string of the molecule is CNCCN(CC(C)=O)C(=O)COCC(=O)N(CCOC)CCOC. The van der Waals surface area contributed by atoms with Gasteiger partial charge in [0.25, 0.3) is 0 Å². The molecule has 0 fully saturated rings. The van der Waals surface area contributed by atoms with E-state index in [-0.39, 0.29) is 37.4 Å². The summed E-state index contributed by atoms with van der Waals surface area (Å²) in [6, 6.07) is 0. The van der Waals surface area contributed by atoms with E-state index < -0.39 is 0 Å². The van der Waals surface area contributed by atoms with Crippen molar-refractivity contribution in [2.45, 2.75) is 6.92 Å². The Morgan fingerprint density at radius 2 is 1.40 bits per heavy atom. The molecule has 0 aliphatic heterocycles. The number of rotatable bonds is 15. The number of amides is 2. The van der Waals surface area contributed by atoms with Crippen molar-refractivity contribution in [1.82, 2.24) is 15.1 Å². The fourth-order valence-electron chi connectivity index (χ4n) is 1.98. The second-order valence-corrected chi connectivity index (χ2v) is 5.48. The maximum Gasteiger partial charge on any atom is 0.249 e. The molecule has 0 aliphatic carbocycles. The van der Waals surface area contributed by atoms with Gasteiger partial charge in [0.15, 0.2) is 0 Å². The van der Waals surface area contributed by atoms with Gasteiger partial charge in [0.1, 0.15) is 19.0 Å². The van der Waals surface area contributed by atoms with E-state index in [1.165, 1.54) is 11.8 Å². The number of nitrogens with one attached hydrogen (secondary N) is 1. The summed E-state index contributed by atoms with van der Waals surface area (Å²) in [6.07, 6.45) is 0. The van der Waals surface area contributed by atoms with Crippen molar-refractivity contribution in [2.24, 2.45) is 0 Å². The highest BCUT2D eigenvalue weighted by Crippen LogP contribution is 1.95. The quantitative estimate of drug-likeness (QED) is 0.390. The summed E-state index contributed by atoms with van der Waals surface area (Å²) in [5.74, 6) is -0.667. The molecule has 0 atom stereocenters. The molecule has 0 aromatic carbocycles. The third kappa shape index (κ3) is 11.6. The van der Waals surface area contributed by atoms with Gasteiger partial charge in [-0.2, -0.15) is 0 Å². The zero-order valence-electron chi connectivity index (χ0n) is 15.7. The molecule has 0 saturated carbocycles. The molecule has 0 aromatic heterocycles. The van der Waals surface area contributed by atoms with E-state index in [2.05, 4.69) is 5.32 Å². The highest BCUT2D eigenvalue weighted by molar-refractivity contribution is 5.85. The second kappa shape index (κ2) is 14.8. The van der Waals surface area contributed by atoms with E-state index in [1.54, 1.807) is 26.2 Å². The number of nitrogens with zero attached hydrogens (tertiary/aromatic N) is 2. The van der Waals surface area contributed by atoms with Gasteiger partial charge >= 0.3 is 0 Å². The lowest BCUT2D eigenvalue weighted by atomic mass is 10.3. The normalized spacial score (nSPS) is 10.6. The number of ketones is 1. The first-order chi connectivity index (χ1) is 12.0. The van der Waals surface area contributed by atoms with Gasteiger partial charge in [-0.25, -0.2) is 0 Å². The molecule has 0 aliphatic rings. The molecule has 9 heteroatoms. The van der Waals surface area contributed by atoms with Crippen LogP contribution in [0.2, 0.25) is 0 Å². The zero-order valence-corrected chi connectivity index (χ0v) is 15.7. The lowest BCUT2D eigenvalue weighted by Gasteiger charge is -2.23. The van der Waals surface area contributed by atoms with Gasteiger partial charge in [0, 0.05) is 40.4 Å². The number of carbonyl (C=O) groups excluding carboxylic acids is 3. The summed E-state index contributed by atoms with van der Waals surface area (Å²) >= 11 is 0. The van der Waals surface area contributed by atoms with Crippen LogP contribution in [0.25, 0.3) is 0 Å². The smallest absolute Gasteiger partial charge is 0.249 e. The molecule has 1 N–H and O–H groups in total. The van der Waals surface area contributed by atoms with Crippen molar-refractivity contribution in [1.29, 1.82) is 0 Å². The number of Topliss-reactive ketones (excluding diaryl/α,β-unsaturated/α-hetero) is 1. The molecule has 0 heterocycles. The van der Waals surface area contributed by atoms with Crippen molar-refractivity contribution in [3.63, 3.8) is 0 Å². The average molecular weight is 361 g/mol. The molecule has 0 saturated heterocycles. The largest absolute Gasteiger partial charge is 0.383 e. The van der Waals surface area contributed by atoms with Crippen molar-refractivity contribution in [3.05, 3.63) is 0 Å². The predicted octanol–water partition coefficient (Wildman–Crippen LogP) is -1.24. The van der Waals surface area contributed by atoms with E-state index in [0.717, 1.165) is 0 Å². The number of hydrogen-bond acceptors (Lipinski definition) is 7. The molecular weight excluding hydrogens is 330 g/mol. The predicted molar refractivity (Wildman–Crippen MR) is 92.3 cm³/mol. The van der Waals surface area contributed by atoms with Gasteiger partial charge in [0.2, 0.25) is 11.8 Å². The molecule has 0 rings (SSSR count). The summed E-state index contributed by atoms with van der Waals surface area (Å²) in [5, 5.41) is 2.92. The van der Waals surface area contributed by atoms with Crippen LogP contribution < -0.4 is 5.32 Å². The first kappa shape index (κ1) is 23.4. The zero-order chi connectivity index (χ0) is 19.1. The molecule has 0 unspecified atom stereocenters. The number of likely N-dealkylation sites (N-methyl/N-ethyl adjacent to an activating group) is 1. The van der Waals surface area contributed by atoms with E-state index in [9.17, 15) is 14.4 Å². The molecule has 0 radical (unpaired) electrons. The van der Waals surface area contributed by atoms with Crippen LogP contribution in [0.1, 0.15) is 6.92 Å². The minimum Gasteiger partial charge on any atom is -0.383 e. The highest BCUT2D eigenvalue weighted by Gasteiger charge is 2.17. The van der Waals surface area contributed by atoms with E-state index in [1.807, 2.05) is 0 Å². The van der Waals surface area contributed by atoms with Crippen LogP contribution in [0.4, 0.5) is 0 Å². The van der Waals surface area contributed by atoms with Crippen LogP contribution in [0, 0.1) is 0 Å². The maximum absolute atomic E-state index is 12.2. The Morgan fingerprint density at radius 1 is 0.880 bits per heavy atom. The molecule has 146 valence electrons. The number of carbonyl (C=O) groups is 3. The number of methoxy groups -OCH3 is 2. The van der Waals surface area contributed by atoms with Crippen molar-refractivity contribution in [3.8, 4) is 0 Å². The van der Waals surface area contributed by atoms with E-state index in [0.29, 0.717) is 39.4 Å². The molecule has 0 bridgehead atoms. The molecule has 0 aromatic rings. The molecule has 0 spiro atoms. The molecule has 25 heavy (non-hydrogen) atoms. The lowest BCUT2D eigenvalue weighted by molar-refractivity contribution is -0.144. The highest BCUT2D eigenvalue weighted by atomic mass is 16.5. The van der Waals surface area contributed by atoms with Crippen LogP contribution in [0.3, 0.4) is 0 Å². The van der Waals surface area contributed by atoms with Gasteiger partial charge in [0.05, 0.1) is 19.8 Å². The Bertz CT molecular complexity index is 397. The van der Waals surface area contributed by atoms with Crippen LogP contribution >= 0.6 is 0 Å². The van der Waals surface area contributed by atoms with Crippen molar-refractivity contribution < 1.29 is 28.6 Å². The van der Waals surface area contributed by atoms with E-state index >= 15 is 0 Å². The minimum absolute atomic E-state index is 0.0334. The lowest BCUT2D eigenvalue weighted by Crippen LogP contribution is -2.42. The Labute approximate surface area is 149 Å². The van der Waals surface area contributed by atoms with Crippen LogP contribution in [-0.4, -0.2) is 108 Å². The Balaban J connectivity index is 4.38. The third-order valence-electron chi connectivity index (χ3n) is 3.33. The second-order valence-electron chi connectivity index (χ2n) is 5.48. The number of hydrogen-bond donors (Lipinski definition) is 1. The Kier molecular flexibility index (Phi) is 13.8. The standard InChI is InChI=1S/C16H31N3O6/c1-14(20)11-19(6-5-17-2)16(22)13-25-12-15(21)18(7-9-23-3)8-10-24-4/h17H,5-13H2,1-4H3. The fraction of sp³-hybridized carbons (Fsp3) is 0.812. The van der Waals surface area contributed by atoms with Gasteiger partial charge < -0.3 is 29.3 Å². The summed E-state index contributed by atoms with van der Waals surface area (Å²) in [7, 11) is 4.88. The van der Waals surface area contributed by atoms with Gasteiger partial charge in [-0.1, -0.05) is 0 Å². The Morgan fingerprint density at radius 3 is 1.84 bits per heavy atom. The van der Waals surface area contributed by atoms with Crippen molar-refractivity contribution in [2.75, 3.05) is 80.4 Å². The van der Waals surface area contributed by atoms with Gasteiger partial charge in [-0.3, -0.25) is 14.4 Å². The maximum atomic E-state index is 12.2. The van der Waals surface area contributed by atoms with Crippen molar-refractivity contribution >= 4 is 17.6 Å². The average Bonchev–Trinajstić information content (AvgIpc) is 2.58. The van der Waals surface area contributed by atoms with Gasteiger partial charge in [-0.05, 0) is 14.0 Å². The molecular formula is C16H31N3O6. The Hall–Kier alpha value is -1.55. The summed E-state index contributed by atoms with van der Waals surface area (Å²) in [6.45, 7) is 3.64. The van der Waals surface area contributed by atoms with Crippen LogP contribution in [-0.2, 0) is 28.6 Å². The van der Waals surface area contributed by atoms with Gasteiger partial charge in [-0.15, -0.1) is 0 Å². The summed E-state index contributed by atoms with van der Waals surface area (Å²) in [5.41, 5.74) is 0. The van der Waals surface area contributed by atoms with Crippen LogP contribution in [0.15, 0.2) is 0 Å². The summed E-state index contributed by atoms with van der Waals surface area (Å²) < 4.78 is 15.2. The third-order valence-corrected chi connectivity index (χ3v) is 3.33. The molecule has 2 amide bonds. The topological polar surface area (TPSA) is 97.4 Å². The first-order valence-electron chi connectivity index (χ1n) is 8.21. The molecule has 9 nitrogen and oxygen atoms in total. The fourth-order valence-corrected chi connectivity index (χ4v) is 1.98. The summed E-state index contributed by atoms with van der Waals surface area (Å²) in [4.78, 5) is 38.5. The monoisotopic (exact) mass is 361 g/mol. The van der Waals surface area contributed by atoms with Crippen LogP contribution in [0.5, 0.6) is 0 Å². The minimum atomic E-state index is -0.321. The first-order valence-corrected chi connectivity index (χ1v) is 8.21.